The van der Waals surface area contributed by atoms with Gasteiger partial charge in [-0.15, -0.1) is 0 Å². The van der Waals surface area contributed by atoms with Crippen molar-refractivity contribution in [2.24, 2.45) is 5.92 Å². The van der Waals surface area contributed by atoms with Gasteiger partial charge in [-0.1, -0.05) is 25.1 Å². The predicted octanol–water partition coefficient (Wildman–Crippen LogP) is 4.09. The van der Waals surface area contributed by atoms with Crippen LogP contribution in [0.1, 0.15) is 24.0 Å². The van der Waals surface area contributed by atoms with Gasteiger partial charge in [-0.3, -0.25) is 9.69 Å². The Morgan fingerprint density at radius 1 is 1.20 bits per heavy atom. The van der Waals surface area contributed by atoms with E-state index in [0.717, 1.165) is 22.6 Å². The standard InChI is InChI=1S/C18H16F4N2O/c1-11(12-4-6-14(19)7-5-12)15(18(20,21)22)17(25)24-10-8-13-3-2-9-23-16(13)24/h2-7,9,11,15H,8,10H2,1H3/t11-,15+/m1/s1. The lowest BCUT2D eigenvalue weighted by Crippen LogP contribution is -2.44. The number of amides is 1. The number of hydrogen-bond acceptors (Lipinski definition) is 2. The molecule has 1 amide bonds. The van der Waals surface area contributed by atoms with Gasteiger partial charge < -0.3 is 0 Å². The summed E-state index contributed by atoms with van der Waals surface area (Å²) < 4.78 is 54.1. The van der Waals surface area contributed by atoms with Crippen molar-refractivity contribution in [3.63, 3.8) is 0 Å². The number of fused-ring (bicyclic) bond motifs is 1. The second-order valence-corrected chi connectivity index (χ2v) is 6.09. The minimum absolute atomic E-state index is 0.175. The normalized spacial score (nSPS) is 16.4. The van der Waals surface area contributed by atoms with Crippen molar-refractivity contribution in [3.05, 3.63) is 59.5 Å². The number of hydrogen-bond donors (Lipinski definition) is 0. The SMILES string of the molecule is C[C@H](c1ccc(F)cc1)[C@@H](C(=O)N1CCc2cccnc21)C(F)(F)F. The highest BCUT2D eigenvalue weighted by Gasteiger charge is 2.51. The Labute approximate surface area is 142 Å². The van der Waals surface area contributed by atoms with E-state index in [0.29, 0.717) is 6.42 Å². The molecule has 3 nitrogen and oxygen atoms in total. The number of halogens is 4. The molecule has 0 radical (unpaired) electrons. The molecule has 1 aliphatic rings. The van der Waals surface area contributed by atoms with Gasteiger partial charge in [0.25, 0.3) is 0 Å². The van der Waals surface area contributed by atoms with E-state index < -0.39 is 29.7 Å². The molecular formula is C18H16F4N2O. The summed E-state index contributed by atoms with van der Waals surface area (Å²) in [6, 6.07) is 8.19. The Morgan fingerprint density at radius 3 is 2.52 bits per heavy atom. The third-order valence-corrected chi connectivity index (χ3v) is 4.51. The summed E-state index contributed by atoms with van der Waals surface area (Å²) in [7, 11) is 0. The monoisotopic (exact) mass is 352 g/mol. The Morgan fingerprint density at radius 2 is 1.88 bits per heavy atom. The van der Waals surface area contributed by atoms with E-state index >= 15 is 0 Å². The molecule has 2 aromatic rings. The van der Waals surface area contributed by atoms with Crippen LogP contribution in [0.3, 0.4) is 0 Å². The molecule has 3 rings (SSSR count). The van der Waals surface area contributed by atoms with E-state index in [-0.39, 0.29) is 17.9 Å². The molecule has 7 heteroatoms. The number of carbonyl (C=O) groups excluding carboxylic acids is 1. The van der Waals surface area contributed by atoms with E-state index in [2.05, 4.69) is 4.98 Å². The van der Waals surface area contributed by atoms with Crippen LogP contribution in [-0.2, 0) is 11.2 Å². The minimum Gasteiger partial charge on any atom is -0.296 e. The molecule has 25 heavy (non-hydrogen) atoms. The third kappa shape index (κ3) is 3.36. The largest absolute Gasteiger partial charge is 0.401 e. The molecule has 0 fully saturated rings. The van der Waals surface area contributed by atoms with E-state index in [1.807, 2.05) is 0 Å². The van der Waals surface area contributed by atoms with Gasteiger partial charge in [-0.2, -0.15) is 13.2 Å². The van der Waals surface area contributed by atoms with Crippen LogP contribution in [-0.4, -0.2) is 23.6 Å². The van der Waals surface area contributed by atoms with Crippen LogP contribution < -0.4 is 4.90 Å². The van der Waals surface area contributed by atoms with Crippen molar-refractivity contribution in [2.75, 3.05) is 11.4 Å². The maximum atomic E-state index is 13.7. The fourth-order valence-corrected chi connectivity index (χ4v) is 3.19. The van der Waals surface area contributed by atoms with Gasteiger partial charge in [0.05, 0.1) is 0 Å². The van der Waals surface area contributed by atoms with Gasteiger partial charge >= 0.3 is 6.18 Å². The van der Waals surface area contributed by atoms with E-state index in [1.165, 1.54) is 25.3 Å². The van der Waals surface area contributed by atoms with Crippen molar-refractivity contribution in [1.82, 2.24) is 4.98 Å². The average Bonchev–Trinajstić information content (AvgIpc) is 2.98. The molecule has 2 atom stereocenters. The number of aromatic nitrogens is 1. The van der Waals surface area contributed by atoms with Gasteiger partial charge in [0, 0.05) is 18.7 Å². The summed E-state index contributed by atoms with van der Waals surface area (Å²) in [5.41, 5.74) is 1.02. The smallest absolute Gasteiger partial charge is 0.296 e. The summed E-state index contributed by atoms with van der Waals surface area (Å²) in [5, 5.41) is 0. The number of benzene rings is 1. The highest BCUT2D eigenvalue weighted by atomic mass is 19.4. The summed E-state index contributed by atoms with van der Waals surface area (Å²) in [6.45, 7) is 1.51. The van der Waals surface area contributed by atoms with E-state index in [4.69, 9.17) is 0 Å². The molecule has 0 saturated heterocycles. The Kier molecular flexibility index (Phi) is 4.49. The lowest BCUT2D eigenvalue weighted by molar-refractivity contribution is -0.185. The zero-order valence-electron chi connectivity index (χ0n) is 13.4. The zero-order chi connectivity index (χ0) is 18.2. The van der Waals surface area contributed by atoms with E-state index in [1.54, 1.807) is 12.1 Å². The zero-order valence-corrected chi connectivity index (χ0v) is 13.4. The van der Waals surface area contributed by atoms with Crippen molar-refractivity contribution in [3.8, 4) is 0 Å². The van der Waals surface area contributed by atoms with Crippen LogP contribution in [0.25, 0.3) is 0 Å². The first-order valence-electron chi connectivity index (χ1n) is 7.86. The molecule has 1 aliphatic heterocycles. The number of rotatable bonds is 3. The molecule has 0 bridgehead atoms. The van der Waals surface area contributed by atoms with Crippen molar-refractivity contribution in [2.45, 2.75) is 25.4 Å². The molecule has 0 saturated carbocycles. The van der Waals surface area contributed by atoms with Gasteiger partial charge in [-0.25, -0.2) is 9.37 Å². The molecule has 0 aliphatic carbocycles. The number of alkyl halides is 3. The van der Waals surface area contributed by atoms with E-state index in [9.17, 15) is 22.4 Å². The number of pyridine rings is 1. The maximum absolute atomic E-state index is 13.7. The first-order chi connectivity index (χ1) is 11.8. The van der Waals surface area contributed by atoms with Crippen molar-refractivity contribution >= 4 is 11.7 Å². The summed E-state index contributed by atoms with van der Waals surface area (Å²) in [6.07, 6.45) is -2.79. The highest BCUT2D eigenvalue weighted by Crippen LogP contribution is 2.40. The fourth-order valence-electron chi connectivity index (χ4n) is 3.19. The van der Waals surface area contributed by atoms with Crippen molar-refractivity contribution in [1.29, 1.82) is 0 Å². The highest BCUT2D eigenvalue weighted by molar-refractivity contribution is 5.97. The Hall–Kier alpha value is -2.44. The first kappa shape index (κ1) is 17.4. The maximum Gasteiger partial charge on any atom is 0.401 e. The van der Waals surface area contributed by atoms with Crippen LogP contribution >= 0.6 is 0 Å². The van der Waals surface area contributed by atoms with Gasteiger partial charge in [0.2, 0.25) is 5.91 Å². The van der Waals surface area contributed by atoms with Crippen LogP contribution in [0, 0.1) is 11.7 Å². The fraction of sp³-hybridized carbons (Fsp3) is 0.333. The third-order valence-electron chi connectivity index (χ3n) is 4.51. The molecule has 132 valence electrons. The van der Waals surface area contributed by atoms with Crippen molar-refractivity contribution < 1.29 is 22.4 Å². The van der Waals surface area contributed by atoms with Gasteiger partial charge in [0.15, 0.2) is 0 Å². The van der Waals surface area contributed by atoms with Gasteiger partial charge in [0.1, 0.15) is 17.6 Å². The first-order valence-corrected chi connectivity index (χ1v) is 7.86. The van der Waals surface area contributed by atoms with Crippen LogP contribution in [0.15, 0.2) is 42.6 Å². The number of nitrogens with zero attached hydrogens (tertiary/aromatic N) is 2. The average molecular weight is 352 g/mol. The second kappa shape index (κ2) is 6.46. The topological polar surface area (TPSA) is 33.2 Å². The quantitative estimate of drug-likeness (QED) is 0.780. The molecule has 0 spiro atoms. The number of carbonyl (C=O) groups is 1. The van der Waals surface area contributed by atoms with Crippen LogP contribution in [0.5, 0.6) is 0 Å². The minimum atomic E-state index is -4.72. The lowest BCUT2D eigenvalue weighted by Gasteiger charge is -2.29. The molecular weight excluding hydrogens is 336 g/mol. The molecule has 0 N–H and O–H groups in total. The van der Waals surface area contributed by atoms with Gasteiger partial charge in [-0.05, 0) is 35.7 Å². The number of anilines is 1. The molecule has 1 aromatic carbocycles. The molecule has 2 heterocycles. The molecule has 0 unspecified atom stereocenters. The summed E-state index contributed by atoms with van der Waals surface area (Å²) in [5.74, 6) is -4.63. The second-order valence-electron chi connectivity index (χ2n) is 6.09. The van der Waals surface area contributed by atoms with Crippen LogP contribution in [0.2, 0.25) is 0 Å². The summed E-state index contributed by atoms with van der Waals surface area (Å²) >= 11 is 0. The predicted molar refractivity (Wildman–Crippen MR) is 84.7 cm³/mol. The molecule has 1 aromatic heterocycles. The lowest BCUT2D eigenvalue weighted by atomic mass is 9.86. The Balaban J connectivity index is 1.94. The van der Waals surface area contributed by atoms with Crippen LogP contribution in [0.4, 0.5) is 23.4 Å². The Bertz CT molecular complexity index is 773. The summed E-state index contributed by atoms with van der Waals surface area (Å²) in [4.78, 5) is 17.9.